The summed E-state index contributed by atoms with van der Waals surface area (Å²) < 4.78 is 0. The SMILES string of the molecule is CCCCCCCCCCCC(C)(O)CCCCCCCCCC.N. The molecule has 2 nitrogen and oxygen atoms in total. The summed E-state index contributed by atoms with van der Waals surface area (Å²) >= 11 is 0. The molecule has 2 heteroatoms. The van der Waals surface area contributed by atoms with Crippen molar-refractivity contribution in [3.8, 4) is 0 Å². The molecule has 0 heterocycles. The maximum atomic E-state index is 10.5. The molecule has 0 aliphatic rings. The van der Waals surface area contributed by atoms with Crippen molar-refractivity contribution in [2.24, 2.45) is 0 Å². The molecule has 0 saturated carbocycles. The van der Waals surface area contributed by atoms with Crippen LogP contribution in [0, 0.1) is 0 Å². The van der Waals surface area contributed by atoms with Gasteiger partial charge in [0.05, 0.1) is 5.60 Å². The third kappa shape index (κ3) is 21.9. The van der Waals surface area contributed by atoms with Crippen molar-refractivity contribution < 1.29 is 5.11 Å². The van der Waals surface area contributed by atoms with Crippen molar-refractivity contribution in [2.45, 2.75) is 148 Å². The Hall–Kier alpha value is -0.0800. The Balaban J connectivity index is 0. The summed E-state index contributed by atoms with van der Waals surface area (Å²) in [4.78, 5) is 0. The van der Waals surface area contributed by atoms with Crippen LogP contribution in [-0.2, 0) is 0 Å². The van der Waals surface area contributed by atoms with Crippen molar-refractivity contribution in [3.05, 3.63) is 0 Å². The van der Waals surface area contributed by atoms with E-state index in [9.17, 15) is 5.11 Å². The van der Waals surface area contributed by atoms with E-state index < -0.39 is 5.60 Å². The summed E-state index contributed by atoms with van der Waals surface area (Å²) in [7, 11) is 0. The fourth-order valence-electron chi connectivity index (χ4n) is 3.58. The van der Waals surface area contributed by atoms with Gasteiger partial charge in [-0.15, -0.1) is 0 Å². The smallest absolute Gasteiger partial charge is 0.0619 e. The van der Waals surface area contributed by atoms with Crippen LogP contribution in [-0.4, -0.2) is 10.7 Å². The van der Waals surface area contributed by atoms with Gasteiger partial charge in [-0.25, -0.2) is 0 Å². The zero-order valence-electron chi connectivity index (χ0n) is 18.1. The maximum absolute atomic E-state index is 10.5. The second kappa shape index (κ2) is 20.2. The largest absolute Gasteiger partial charge is 0.390 e. The first-order valence-electron chi connectivity index (χ1n) is 11.3. The minimum atomic E-state index is -0.413. The lowest BCUT2D eigenvalue weighted by molar-refractivity contribution is 0.0366. The van der Waals surface area contributed by atoms with E-state index in [2.05, 4.69) is 20.8 Å². The number of hydrogen-bond acceptors (Lipinski definition) is 2. The van der Waals surface area contributed by atoms with Crippen LogP contribution in [0.2, 0.25) is 0 Å². The van der Waals surface area contributed by atoms with Crippen molar-refractivity contribution >= 4 is 0 Å². The lowest BCUT2D eigenvalue weighted by Gasteiger charge is -2.23. The van der Waals surface area contributed by atoms with Crippen LogP contribution in [0.25, 0.3) is 0 Å². The lowest BCUT2D eigenvalue weighted by atomic mass is 9.91. The molecule has 0 bridgehead atoms. The molecule has 0 amide bonds. The molecule has 0 spiro atoms. The van der Waals surface area contributed by atoms with Crippen LogP contribution in [0.15, 0.2) is 0 Å². The average Bonchev–Trinajstić information content (AvgIpc) is 2.55. The molecule has 0 aromatic rings. The predicted molar refractivity (Wildman–Crippen MR) is 115 cm³/mol. The van der Waals surface area contributed by atoms with Gasteiger partial charge < -0.3 is 11.3 Å². The van der Waals surface area contributed by atoms with Crippen molar-refractivity contribution in [2.75, 3.05) is 0 Å². The molecule has 0 aromatic carbocycles. The van der Waals surface area contributed by atoms with Crippen LogP contribution in [0.3, 0.4) is 0 Å². The van der Waals surface area contributed by atoms with Gasteiger partial charge in [0.15, 0.2) is 0 Å². The van der Waals surface area contributed by atoms with E-state index >= 15 is 0 Å². The molecule has 0 radical (unpaired) electrons. The molecule has 0 aliphatic carbocycles. The van der Waals surface area contributed by atoms with Crippen LogP contribution < -0.4 is 6.15 Å². The van der Waals surface area contributed by atoms with E-state index in [0.717, 1.165) is 12.8 Å². The van der Waals surface area contributed by atoms with Gasteiger partial charge in [-0.2, -0.15) is 0 Å². The maximum Gasteiger partial charge on any atom is 0.0619 e. The summed E-state index contributed by atoms with van der Waals surface area (Å²) in [6, 6.07) is 0. The quantitative estimate of drug-likeness (QED) is 0.228. The van der Waals surface area contributed by atoms with E-state index in [1.807, 2.05) is 0 Å². The first kappa shape index (κ1) is 27.1. The van der Waals surface area contributed by atoms with Gasteiger partial charge in [-0.05, 0) is 19.8 Å². The number of unbranched alkanes of at least 4 members (excludes halogenated alkanes) is 15. The molecule has 1 atom stereocenters. The van der Waals surface area contributed by atoms with Gasteiger partial charge in [0, 0.05) is 0 Å². The standard InChI is InChI=1S/C23H48O.H3N/c1-4-6-8-10-12-14-16-18-20-22-23(3,24)21-19-17-15-13-11-9-7-5-2;/h24H,4-22H2,1-3H3;1H3. The Morgan fingerprint density at radius 3 is 1.00 bits per heavy atom. The van der Waals surface area contributed by atoms with E-state index in [1.165, 1.54) is 109 Å². The normalized spacial score (nSPS) is 13.4. The Morgan fingerprint density at radius 2 is 0.720 bits per heavy atom. The molecule has 0 fully saturated rings. The van der Waals surface area contributed by atoms with Gasteiger partial charge in [0.25, 0.3) is 0 Å². The van der Waals surface area contributed by atoms with Crippen LogP contribution >= 0.6 is 0 Å². The van der Waals surface area contributed by atoms with Gasteiger partial charge in [-0.3, -0.25) is 0 Å². The highest BCUT2D eigenvalue weighted by atomic mass is 16.3. The van der Waals surface area contributed by atoms with Crippen molar-refractivity contribution in [3.63, 3.8) is 0 Å². The van der Waals surface area contributed by atoms with Crippen molar-refractivity contribution in [1.82, 2.24) is 6.15 Å². The second-order valence-corrected chi connectivity index (χ2v) is 8.30. The predicted octanol–water partition coefficient (Wildman–Crippen LogP) is 8.35. The zero-order chi connectivity index (χ0) is 17.9. The Morgan fingerprint density at radius 1 is 0.480 bits per heavy atom. The fourth-order valence-corrected chi connectivity index (χ4v) is 3.58. The summed E-state index contributed by atoms with van der Waals surface area (Å²) in [5, 5.41) is 10.5. The molecule has 154 valence electrons. The molecule has 1 unspecified atom stereocenters. The molecule has 0 aliphatic heterocycles. The summed E-state index contributed by atoms with van der Waals surface area (Å²) in [5.74, 6) is 0. The first-order valence-corrected chi connectivity index (χ1v) is 11.3. The number of hydrogen-bond donors (Lipinski definition) is 2. The van der Waals surface area contributed by atoms with E-state index in [4.69, 9.17) is 0 Å². The average molecular weight is 358 g/mol. The fraction of sp³-hybridized carbons (Fsp3) is 1.00. The molecule has 0 rings (SSSR count). The monoisotopic (exact) mass is 357 g/mol. The molecule has 0 aromatic heterocycles. The minimum Gasteiger partial charge on any atom is -0.390 e. The summed E-state index contributed by atoms with van der Waals surface area (Å²) in [6.07, 6.45) is 25.1. The highest BCUT2D eigenvalue weighted by Crippen LogP contribution is 2.23. The second-order valence-electron chi connectivity index (χ2n) is 8.30. The molecular weight excluding hydrogens is 306 g/mol. The summed E-state index contributed by atoms with van der Waals surface area (Å²) in [5.41, 5.74) is -0.413. The van der Waals surface area contributed by atoms with Gasteiger partial charge >= 0.3 is 0 Å². The molecular formula is C23H51NO. The van der Waals surface area contributed by atoms with Gasteiger partial charge in [0.1, 0.15) is 0 Å². The minimum absolute atomic E-state index is 0. The highest BCUT2D eigenvalue weighted by molar-refractivity contribution is 4.72. The molecule has 4 N–H and O–H groups in total. The lowest BCUT2D eigenvalue weighted by Crippen LogP contribution is -2.23. The summed E-state index contributed by atoms with van der Waals surface area (Å²) in [6.45, 7) is 6.61. The Kier molecular flexibility index (Phi) is 22.0. The third-order valence-corrected chi connectivity index (χ3v) is 5.39. The van der Waals surface area contributed by atoms with Crippen LogP contribution in [0.4, 0.5) is 0 Å². The number of aliphatic hydroxyl groups is 1. The Labute approximate surface area is 160 Å². The molecule has 25 heavy (non-hydrogen) atoms. The molecule has 0 saturated heterocycles. The van der Waals surface area contributed by atoms with E-state index in [0.29, 0.717) is 0 Å². The number of rotatable bonds is 19. The van der Waals surface area contributed by atoms with Crippen LogP contribution in [0.1, 0.15) is 143 Å². The third-order valence-electron chi connectivity index (χ3n) is 5.39. The van der Waals surface area contributed by atoms with Gasteiger partial charge in [-0.1, -0.05) is 123 Å². The first-order chi connectivity index (χ1) is 11.6. The zero-order valence-corrected chi connectivity index (χ0v) is 18.1. The topological polar surface area (TPSA) is 55.2 Å². The van der Waals surface area contributed by atoms with E-state index in [1.54, 1.807) is 0 Å². The van der Waals surface area contributed by atoms with E-state index in [-0.39, 0.29) is 6.15 Å². The van der Waals surface area contributed by atoms with Crippen molar-refractivity contribution in [1.29, 1.82) is 0 Å². The van der Waals surface area contributed by atoms with Gasteiger partial charge in [0.2, 0.25) is 0 Å². The highest BCUT2D eigenvalue weighted by Gasteiger charge is 2.18. The van der Waals surface area contributed by atoms with Crippen LogP contribution in [0.5, 0.6) is 0 Å². The Bertz CT molecular complexity index is 240.